The van der Waals surface area contributed by atoms with Gasteiger partial charge in [0.2, 0.25) is 0 Å². The minimum atomic E-state index is -0.262. The Balaban J connectivity index is 3.11. The van der Waals surface area contributed by atoms with E-state index < -0.39 is 0 Å². The van der Waals surface area contributed by atoms with Crippen molar-refractivity contribution in [3.8, 4) is 0 Å². The molecular weight excluding hydrogens is 176 g/mol. The zero-order valence-electron chi connectivity index (χ0n) is 7.46. The highest BCUT2D eigenvalue weighted by Gasteiger charge is 1.98. The summed E-state index contributed by atoms with van der Waals surface area (Å²) in [6, 6.07) is 0. The van der Waals surface area contributed by atoms with Crippen LogP contribution < -0.4 is 0 Å². The highest BCUT2D eigenvalue weighted by molar-refractivity contribution is 8.13. The van der Waals surface area contributed by atoms with E-state index in [-0.39, 0.29) is 11.1 Å². The van der Waals surface area contributed by atoms with Gasteiger partial charge in [-0.2, -0.15) is 0 Å². The lowest BCUT2D eigenvalue weighted by atomic mass is 10.5. The van der Waals surface area contributed by atoms with Crippen LogP contribution in [-0.4, -0.2) is 23.4 Å². The predicted molar refractivity (Wildman–Crippen MR) is 49.0 cm³/mol. The third-order valence-corrected chi connectivity index (χ3v) is 2.25. The van der Waals surface area contributed by atoms with E-state index in [0.717, 1.165) is 12.2 Å². The predicted octanol–water partition coefficient (Wildman–Crippen LogP) is 1.61. The van der Waals surface area contributed by atoms with Crippen LogP contribution in [0, 0.1) is 0 Å². The second kappa shape index (κ2) is 7.16. The van der Waals surface area contributed by atoms with E-state index in [1.54, 1.807) is 0 Å². The quantitative estimate of drug-likeness (QED) is 0.488. The molecule has 0 amide bonds. The van der Waals surface area contributed by atoms with Crippen LogP contribution in [0.4, 0.5) is 0 Å². The Hall–Kier alpha value is -0.510. The molecule has 0 aliphatic heterocycles. The molecule has 70 valence electrons. The highest BCUT2D eigenvalue weighted by atomic mass is 32.2. The molecule has 0 rings (SSSR count). The Morgan fingerprint density at radius 2 is 2.08 bits per heavy atom. The molecule has 0 fully saturated rings. The van der Waals surface area contributed by atoms with Crippen molar-refractivity contribution in [1.29, 1.82) is 0 Å². The maximum Gasteiger partial charge on any atom is 0.302 e. The number of rotatable bonds is 5. The summed E-state index contributed by atoms with van der Waals surface area (Å²) in [6.45, 7) is 3.63. The van der Waals surface area contributed by atoms with Crippen LogP contribution in [0.1, 0.15) is 26.7 Å². The second-order valence-electron chi connectivity index (χ2n) is 2.27. The monoisotopic (exact) mass is 190 g/mol. The third-order valence-electron chi connectivity index (χ3n) is 1.15. The standard InChI is InChI=1S/C8H14O3S/c1-3-8(10)12-6-4-5-11-7(2)9/h3-6H2,1-2H3. The van der Waals surface area contributed by atoms with Gasteiger partial charge in [-0.15, -0.1) is 0 Å². The Labute approximate surface area is 76.9 Å². The zero-order chi connectivity index (χ0) is 9.40. The van der Waals surface area contributed by atoms with Crippen molar-refractivity contribution in [1.82, 2.24) is 0 Å². The number of ether oxygens (including phenoxy) is 1. The molecule has 0 aromatic carbocycles. The maximum atomic E-state index is 10.8. The molecule has 0 aromatic rings. The van der Waals surface area contributed by atoms with E-state index in [2.05, 4.69) is 0 Å². The molecule has 0 heterocycles. The van der Waals surface area contributed by atoms with Crippen LogP contribution in [0.15, 0.2) is 0 Å². The Morgan fingerprint density at radius 1 is 1.42 bits per heavy atom. The fraction of sp³-hybridized carbons (Fsp3) is 0.750. The Kier molecular flexibility index (Phi) is 6.85. The summed E-state index contributed by atoms with van der Waals surface area (Å²) in [5, 5.41) is 0.192. The molecular formula is C8H14O3S. The average Bonchev–Trinajstić information content (AvgIpc) is 2.03. The molecule has 0 aromatic heterocycles. The van der Waals surface area contributed by atoms with E-state index in [1.165, 1.54) is 18.7 Å². The van der Waals surface area contributed by atoms with E-state index in [1.807, 2.05) is 6.92 Å². The molecule has 0 N–H and O–H groups in total. The lowest BCUT2D eigenvalue weighted by Gasteiger charge is -1.99. The van der Waals surface area contributed by atoms with Gasteiger partial charge in [0.05, 0.1) is 6.61 Å². The number of carbonyl (C=O) groups excluding carboxylic acids is 2. The molecule has 0 radical (unpaired) electrons. The molecule has 0 unspecified atom stereocenters. The average molecular weight is 190 g/mol. The molecule has 4 heteroatoms. The second-order valence-corrected chi connectivity index (χ2v) is 3.42. The minimum Gasteiger partial charge on any atom is -0.466 e. The van der Waals surface area contributed by atoms with Gasteiger partial charge in [-0.25, -0.2) is 0 Å². The third kappa shape index (κ3) is 7.60. The topological polar surface area (TPSA) is 43.4 Å². The largest absolute Gasteiger partial charge is 0.466 e. The van der Waals surface area contributed by atoms with Crippen LogP contribution in [0.25, 0.3) is 0 Å². The molecule has 0 aliphatic rings. The first-order valence-electron chi connectivity index (χ1n) is 3.95. The first-order valence-corrected chi connectivity index (χ1v) is 4.94. The number of hydrogen-bond acceptors (Lipinski definition) is 4. The van der Waals surface area contributed by atoms with Gasteiger partial charge in [0, 0.05) is 19.1 Å². The summed E-state index contributed by atoms with van der Waals surface area (Å²) >= 11 is 1.30. The van der Waals surface area contributed by atoms with E-state index in [9.17, 15) is 9.59 Å². The van der Waals surface area contributed by atoms with E-state index in [4.69, 9.17) is 4.74 Å². The van der Waals surface area contributed by atoms with Gasteiger partial charge in [-0.1, -0.05) is 18.7 Å². The highest BCUT2D eigenvalue weighted by Crippen LogP contribution is 2.06. The minimum absolute atomic E-state index is 0.192. The van der Waals surface area contributed by atoms with Crippen LogP contribution >= 0.6 is 11.8 Å². The fourth-order valence-corrected chi connectivity index (χ4v) is 1.26. The molecule has 0 atom stereocenters. The lowest BCUT2D eigenvalue weighted by Crippen LogP contribution is -2.02. The summed E-state index contributed by atoms with van der Waals surface area (Å²) in [4.78, 5) is 21.1. The van der Waals surface area contributed by atoms with Crippen molar-refractivity contribution in [3.63, 3.8) is 0 Å². The molecule has 0 bridgehead atoms. The van der Waals surface area contributed by atoms with Crippen LogP contribution in [0.3, 0.4) is 0 Å². The molecule has 0 aliphatic carbocycles. The SMILES string of the molecule is CCC(=O)SCCCOC(C)=O. The van der Waals surface area contributed by atoms with Gasteiger partial charge in [0.15, 0.2) is 5.12 Å². The molecule has 3 nitrogen and oxygen atoms in total. The van der Waals surface area contributed by atoms with Gasteiger partial charge in [0.25, 0.3) is 0 Å². The first kappa shape index (κ1) is 11.5. The number of hydrogen-bond donors (Lipinski definition) is 0. The molecule has 12 heavy (non-hydrogen) atoms. The van der Waals surface area contributed by atoms with Crippen molar-refractivity contribution in [3.05, 3.63) is 0 Å². The van der Waals surface area contributed by atoms with E-state index >= 15 is 0 Å². The summed E-state index contributed by atoms with van der Waals surface area (Å²) in [5.74, 6) is 0.474. The van der Waals surface area contributed by atoms with Crippen molar-refractivity contribution in [2.45, 2.75) is 26.7 Å². The van der Waals surface area contributed by atoms with Crippen molar-refractivity contribution < 1.29 is 14.3 Å². The van der Waals surface area contributed by atoms with Crippen LogP contribution in [0.2, 0.25) is 0 Å². The molecule has 0 saturated heterocycles. The summed E-state index contributed by atoms with van der Waals surface area (Å²) in [5.41, 5.74) is 0. The van der Waals surface area contributed by atoms with Crippen LogP contribution in [-0.2, 0) is 14.3 Å². The number of carbonyl (C=O) groups is 2. The first-order chi connectivity index (χ1) is 5.66. The number of esters is 1. The zero-order valence-corrected chi connectivity index (χ0v) is 8.28. The summed E-state index contributed by atoms with van der Waals surface area (Å²) < 4.78 is 4.69. The van der Waals surface area contributed by atoms with Gasteiger partial charge in [0.1, 0.15) is 0 Å². The van der Waals surface area contributed by atoms with Crippen molar-refractivity contribution in [2.75, 3.05) is 12.4 Å². The van der Waals surface area contributed by atoms with Gasteiger partial charge < -0.3 is 4.74 Å². The lowest BCUT2D eigenvalue weighted by molar-refractivity contribution is -0.140. The van der Waals surface area contributed by atoms with Crippen molar-refractivity contribution in [2.24, 2.45) is 0 Å². The van der Waals surface area contributed by atoms with Gasteiger partial charge in [-0.05, 0) is 6.42 Å². The smallest absolute Gasteiger partial charge is 0.302 e. The number of thioether (sulfide) groups is 1. The summed E-state index contributed by atoms with van der Waals surface area (Å²) in [7, 11) is 0. The van der Waals surface area contributed by atoms with E-state index in [0.29, 0.717) is 13.0 Å². The summed E-state index contributed by atoms with van der Waals surface area (Å²) in [6.07, 6.45) is 1.31. The van der Waals surface area contributed by atoms with Crippen molar-refractivity contribution >= 4 is 22.8 Å². The molecule has 0 saturated carbocycles. The van der Waals surface area contributed by atoms with Gasteiger partial charge >= 0.3 is 5.97 Å². The molecule has 0 spiro atoms. The maximum absolute atomic E-state index is 10.8. The fourth-order valence-electron chi connectivity index (χ4n) is 0.563. The van der Waals surface area contributed by atoms with Crippen LogP contribution in [0.5, 0.6) is 0 Å². The van der Waals surface area contributed by atoms with Gasteiger partial charge in [-0.3, -0.25) is 9.59 Å². The Bertz CT molecular complexity index is 156. The Morgan fingerprint density at radius 3 is 2.58 bits per heavy atom. The normalized spacial score (nSPS) is 9.50.